The van der Waals surface area contributed by atoms with E-state index in [-0.39, 0.29) is 0 Å². The van der Waals surface area contributed by atoms with E-state index in [1.54, 1.807) is 30.3 Å². The first-order valence-electron chi connectivity index (χ1n) is 9.02. The lowest BCUT2D eigenvalue weighted by Gasteiger charge is -2.34. The van der Waals surface area contributed by atoms with Gasteiger partial charge in [-0.25, -0.2) is 4.90 Å². The van der Waals surface area contributed by atoms with E-state index in [1.807, 2.05) is 0 Å². The number of ether oxygens (including phenoxy) is 4. The van der Waals surface area contributed by atoms with Crippen LogP contribution in [0.3, 0.4) is 0 Å². The van der Waals surface area contributed by atoms with Crippen LogP contribution < -0.4 is 9.64 Å². The first kappa shape index (κ1) is 19.1. The number of rotatable bonds is 5. The van der Waals surface area contributed by atoms with Gasteiger partial charge in [-0.05, 0) is 18.2 Å². The standard InChI is InChI=1S/C20H19NO8/c1-10(22)27-19(28-11(2)23)20-9-8-14(29-20)15-16(20)18(25)21(17(15)24)12-6-4-5-7-13(12)26-3/h4-9,14-16,19H,1-3H3/t14-,15-,16+,20-/m1/s1. The maximum absolute atomic E-state index is 13.4. The fourth-order valence-corrected chi connectivity index (χ4v) is 4.27. The van der Waals surface area contributed by atoms with Gasteiger partial charge in [0, 0.05) is 13.8 Å². The third-order valence-corrected chi connectivity index (χ3v) is 5.32. The number of nitrogens with zero attached hydrogens (tertiary/aromatic N) is 1. The number of anilines is 1. The SMILES string of the molecule is COc1ccccc1N1C(=O)[C@H]2[C@@H](C1=O)[C@@]1(C(OC(C)=O)OC(C)=O)C=C[C@H]2O1. The van der Waals surface area contributed by atoms with E-state index >= 15 is 0 Å². The average Bonchev–Trinajstić information content (AvgIpc) is 3.32. The Bertz CT molecular complexity index is 924. The molecule has 2 bridgehead atoms. The Hall–Kier alpha value is -3.20. The molecule has 3 heterocycles. The van der Waals surface area contributed by atoms with Crippen LogP contribution in [0.4, 0.5) is 5.69 Å². The molecule has 0 unspecified atom stereocenters. The number of carbonyl (C=O) groups is 4. The second kappa shape index (κ2) is 6.70. The summed E-state index contributed by atoms with van der Waals surface area (Å²) in [6.45, 7) is 2.30. The molecule has 29 heavy (non-hydrogen) atoms. The molecule has 1 aromatic rings. The van der Waals surface area contributed by atoms with Crippen molar-refractivity contribution in [2.24, 2.45) is 11.8 Å². The average molecular weight is 401 g/mol. The van der Waals surface area contributed by atoms with Crippen molar-refractivity contribution in [3.63, 3.8) is 0 Å². The molecule has 3 aliphatic rings. The highest BCUT2D eigenvalue weighted by Crippen LogP contribution is 2.55. The molecular weight excluding hydrogens is 382 g/mol. The van der Waals surface area contributed by atoms with E-state index in [0.717, 1.165) is 18.7 Å². The van der Waals surface area contributed by atoms with Crippen LogP contribution in [0.25, 0.3) is 0 Å². The van der Waals surface area contributed by atoms with Crippen molar-refractivity contribution in [2.45, 2.75) is 31.8 Å². The second-order valence-corrected chi connectivity index (χ2v) is 7.03. The van der Waals surface area contributed by atoms with Crippen LogP contribution in [-0.4, -0.2) is 48.9 Å². The van der Waals surface area contributed by atoms with E-state index in [0.29, 0.717) is 11.4 Å². The van der Waals surface area contributed by atoms with Gasteiger partial charge in [0.25, 0.3) is 6.29 Å². The number of hydrogen-bond acceptors (Lipinski definition) is 8. The summed E-state index contributed by atoms with van der Waals surface area (Å²) < 4.78 is 21.6. The Morgan fingerprint density at radius 3 is 2.38 bits per heavy atom. The minimum atomic E-state index is -1.57. The van der Waals surface area contributed by atoms with Crippen molar-refractivity contribution < 1.29 is 38.1 Å². The third kappa shape index (κ3) is 2.72. The van der Waals surface area contributed by atoms with Gasteiger partial charge in [-0.1, -0.05) is 18.2 Å². The van der Waals surface area contributed by atoms with Gasteiger partial charge in [0.1, 0.15) is 5.75 Å². The topological polar surface area (TPSA) is 108 Å². The number of methoxy groups -OCH3 is 1. The molecular formula is C20H19NO8. The van der Waals surface area contributed by atoms with Crippen LogP contribution in [0.15, 0.2) is 36.4 Å². The van der Waals surface area contributed by atoms with Gasteiger partial charge in [0.05, 0.1) is 30.7 Å². The van der Waals surface area contributed by atoms with E-state index in [2.05, 4.69) is 0 Å². The van der Waals surface area contributed by atoms with Gasteiger partial charge in [0.15, 0.2) is 5.60 Å². The summed E-state index contributed by atoms with van der Waals surface area (Å²) in [6, 6.07) is 6.66. The number of carbonyl (C=O) groups excluding carboxylic acids is 4. The lowest BCUT2D eigenvalue weighted by Crippen LogP contribution is -2.52. The van der Waals surface area contributed by atoms with Crippen LogP contribution >= 0.6 is 0 Å². The number of fused-ring (bicyclic) bond motifs is 5. The summed E-state index contributed by atoms with van der Waals surface area (Å²) in [6.07, 6.45) is 0.956. The molecule has 0 aromatic heterocycles. The van der Waals surface area contributed by atoms with E-state index in [4.69, 9.17) is 18.9 Å². The van der Waals surface area contributed by atoms with E-state index in [9.17, 15) is 19.2 Å². The molecule has 9 heteroatoms. The van der Waals surface area contributed by atoms with Crippen molar-refractivity contribution in [3.8, 4) is 5.75 Å². The molecule has 0 saturated carbocycles. The van der Waals surface area contributed by atoms with Gasteiger partial charge < -0.3 is 18.9 Å². The zero-order chi connectivity index (χ0) is 20.9. The highest BCUT2D eigenvalue weighted by atomic mass is 16.7. The first-order valence-corrected chi connectivity index (χ1v) is 9.02. The van der Waals surface area contributed by atoms with Crippen molar-refractivity contribution in [2.75, 3.05) is 12.0 Å². The van der Waals surface area contributed by atoms with Crippen LogP contribution in [0.1, 0.15) is 13.8 Å². The van der Waals surface area contributed by atoms with Crippen LogP contribution in [0, 0.1) is 11.8 Å². The van der Waals surface area contributed by atoms with E-state index in [1.165, 1.54) is 13.2 Å². The molecule has 152 valence electrons. The Morgan fingerprint density at radius 2 is 1.76 bits per heavy atom. The third-order valence-electron chi connectivity index (χ3n) is 5.32. The van der Waals surface area contributed by atoms with Gasteiger partial charge in [-0.15, -0.1) is 0 Å². The highest BCUT2D eigenvalue weighted by molar-refractivity contribution is 6.24. The van der Waals surface area contributed by atoms with Crippen LogP contribution in [0.2, 0.25) is 0 Å². The predicted octanol–water partition coefficient (Wildman–Crippen LogP) is 0.960. The summed E-state index contributed by atoms with van der Waals surface area (Å²) in [4.78, 5) is 50.8. The van der Waals surface area contributed by atoms with Gasteiger partial charge in [0.2, 0.25) is 11.8 Å². The molecule has 4 atom stereocenters. The van der Waals surface area contributed by atoms with Crippen LogP contribution in [0.5, 0.6) is 5.75 Å². The first-order chi connectivity index (χ1) is 13.8. The Balaban J connectivity index is 1.77. The number of amides is 2. The lowest BCUT2D eigenvalue weighted by atomic mass is 9.76. The molecule has 2 saturated heterocycles. The smallest absolute Gasteiger partial charge is 0.305 e. The van der Waals surface area contributed by atoms with Gasteiger partial charge >= 0.3 is 11.9 Å². The van der Waals surface area contributed by atoms with Crippen molar-refractivity contribution >= 4 is 29.4 Å². The number of para-hydroxylation sites is 2. The largest absolute Gasteiger partial charge is 0.495 e. The molecule has 9 nitrogen and oxygen atoms in total. The molecule has 0 spiro atoms. The molecule has 4 rings (SSSR count). The number of imide groups is 1. The molecule has 0 aliphatic carbocycles. The summed E-state index contributed by atoms with van der Waals surface area (Å²) in [7, 11) is 1.44. The molecule has 0 N–H and O–H groups in total. The summed E-state index contributed by atoms with van der Waals surface area (Å²) in [5.41, 5.74) is -1.26. The zero-order valence-electron chi connectivity index (χ0n) is 16.0. The zero-order valence-corrected chi connectivity index (χ0v) is 16.0. The molecule has 1 aromatic carbocycles. The number of benzene rings is 1. The van der Waals surface area contributed by atoms with Crippen molar-refractivity contribution in [3.05, 3.63) is 36.4 Å². The monoisotopic (exact) mass is 401 g/mol. The second-order valence-electron chi connectivity index (χ2n) is 7.03. The van der Waals surface area contributed by atoms with Gasteiger partial charge in [-0.2, -0.15) is 0 Å². The lowest BCUT2D eigenvalue weighted by molar-refractivity contribution is -0.226. The predicted molar refractivity (Wildman–Crippen MR) is 96.5 cm³/mol. The quantitative estimate of drug-likeness (QED) is 0.311. The summed E-state index contributed by atoms with van der Waals surface area (Å²) in [5, 5.41) is 0. The molecule has 3 aliphatic heterocycles. The maximum atomic E-state index is 13.4. The number of hydrogen-bond donors (Lipinski definition) is 0. The summed E-state index contributed by atoms with van der Waals surface area (Å²) >= 11 is 0. The Kier molecular flexibility index (Phi) is 4.42. The fraction of sp³-hybridized carbons (Fsp3) is 0.400. The Morgan fingerprint density at radius 1 is 1.10 bits per heavy atom. The van der Waals surface area contributed by atoms with Crippen molar-refractivity contribution in [1.82, 2.24) is 0 Å². The molecule has 0 radical (unpaired) electrons. The highest BCUT2D eigenvalue weighted by Gasteiger charge is 2.72. The normalized spacial score (nSPS) is 29.4. The van der Waals surface area contributed by atoms with Crippen molar-refractivity contribution in [1.29, 1.82) is 0 Å². The Labute approximate surface area is 166 Å². The fourth-order valence-electron chi connectivity index (χ4n) is 4.27. The molecule has 2 fully saturated rings. The maximum Gasteiger partial charge on any atom is 0.305 e. The van der Waals surface area contributed by atoms with Crippen LogP contribution in [-0.2, 0) is 33.4 Å². The molecule has 2 amide bonds. The summed E-state index contributed by atoms with van der Waals surface area (Å²) in [5.74, 6) is -3.91. The minimum absolute atomic E-state index is 0.311. The van der Waals surface area contributed by atoms with Gasteiger partial charge in [-0.3, -0.25) is 19.2 Å². The van der Waals surface area contributed by atoms with E-state index < -0.39 is 53.6 Å². The minimum Gasteiger partial charge on any atom is -0.495 e. The number of esters is 2.